The van der Waals surface area contributed by atoms with Crippen molar-refractivity contribution in [2.24, 2.45) is 11.3 Å². The smallest absolute Gasteiger partial charge is 0.00905 e. The average molecular weight is 205 g/mol. The molecule has 0 aromatic heterocycles. The molecule has 0 spiro atoms. The molecule has 1 aliphatic rings. The molecule has 1 aliphatic carbocycles. The van der Waals surface area contributed by atoms with Crippen molar-refractivity contribution in [2.45, 2.75) is 39.5 Å². The molecule has 0 nitrogen and oxygen atoms in total. The second-order valence-electron chi connectivity index (χ2n) is 3.49. The summed E-state index contributed by atoms with van der Waals surface area (Å²) in [7, 11) is 0. The molecule has 1 rings (SSSR count). The molecule has 10 heavy (non-hydrogen) atoms. The standard InChI is InChI=1S/C9H17Br/c1-3-8-5-6-9(8,4-2)7-10/h8H,3-7H2,1-2H3. The molecule has 0 amide bonds. The summed E-state index contributed by atoms with van der Waals surface area (Å²) in [5.41, 5.74) is 0.689. The van der Waals surface area contributed by atoms with Gasteiger partial charge in [-0.05, 0) is 30.6 Å². The van der Waals surface area contributed by atoms with Gasteiger partial charge < -0.3 is 0 Å². The molecule has 60 valence electrons. The number of hydrogen-bond acceptors (Lipinski definition) is 0. The molecule has 0 saturated heterocycles. The zero-order chi connectivity index (χ0) is 7.61. The zero-order valence-corrected chi connectivity index (χ0v) is 8.58. The van der Waals surface area contributed by atoms with E-state index in [1.165, 1.54) is 31.0 Å². The molecule has 1 saturated carbocycles. The molecule has 1 fully saturated rings. The Bertz CT molecular complexity index is 97.8. The fourth-order valence-electron chi connectivity index (χ4n) is 2.13. The summed E-state index contributed by atoms with van der Waals surface area (Å²) in [6.07, 6.45) is 5.65. The highest BCUT2D eigenvalue weighted by Crippen LogP contribution is 2.51. The normalized spacial score (nSPS) is 39.3. The van der Waals surface area contributed by atoms with Gasteiger partial charge in [-0.25, -0.2) is 0 Å². The highest BCUT2D eigenvalue weighted by molar-refractivity contribution is 9.09. The minimum atomic E-state index is 0.689. The van der Waals surface area contributed by atoms with Crippen LogP contribution >= 0.6 is 15.9 Å². The summed E-state index contributed by atoms with van der Waals surface area (Å²) < 4.78 is 0. The monoisotopic (exact) mass is 204 g/mol. The minimum absolute atomic E-state index is 0.689. The van der Waals surface area contributed by atoms with Crippen LogP contribution in [-0.2, 0) is 0 Å². The maximum atomic E-state index is 3.62. The van der Waals surface area contributed by atoms with Crippen LogP contribution in [0.4, 0.5) is 0 Å². The third-order valence-electron chi connectivity index (χ3n) is 3.32. The SMILES string of the molecule is CCC1CCC1(CC)CBr. The first-order chi connectivity index (χ1) is 4.79. The Morgan fingerprint density at radius 1 is 1.50 bits per heavy atom. The Kier molecular flexibility index (Phi) is 2.79. The lowest BCUT2D eigenvalue weighted by Gasteiger charge is -2.48. The van der Waals surface area contributed by atoms with Crippen LogP contribution in [0.3, 0.4) is 0 Å². The van der Waals surface area contributed by atoms with Crippen molar-refractivity contribution in [3.63, 3.8) is 0 Å². The predicted molar refractivity (Wildman–Crippen MR) is 49.5 cm³/mol. The fraction of sp³-hybridized carbons (Fsp3) is 1.00. The second-order valence-corrected chi connectivity index (χ2v) is 4.05. The molecule has 0 aliphatic heterocycles. The quantitative estimate of drug-likeness (QED) is 0.617. The first-order valence-corrected chi connectivity index (χ1v) is 5.47. The van der Waals surface area contributed by atoms with E-state index in [-0.39, 0.29) is 0 Å². The van der Waals surface area contributed by atoms with Gasteiger partial charge in [0.15, 0.2) is 0 Å². The third-order valence-corrected chi connectivity index (χ3v) is 4.44. The number of rotatable bonds is 3. The molecular weight excluding hydrogens is 188 g/mol. The summed E-state index contributed by atoms with van der Waals surface area (Å²) in [4.78, 5) is 0. The lowest BCUT2D eigenvalue weighted by Crippen LogP contribution is -2.40. The van der Waals surface area contributed by atoms with Crippen LogP contribution in [0.1, 0.15) is 39.5 Å². The van der Waals surface area contributed by atoms with Gasteiger partial charge in [-0.1, -0.05) is 36.2 Å². The van der Waals surface area contributed by atoms with E-state index >= 15 is 0 Å². The van der Waals surface area contributed by atoms with Crippen molar-refractivity contribution in [1.82, 2.24) is 0 Å². The molecule has 0 aromatic rings. The van der Waals surface area contributed by atoms with E-state index in [0.717, 1.165) is 5.92 Å². The summed E-state index contributed by atoms with van der Waals surface area (Å²) >= 11 is 3.62. The van der Waals surface area contributed by atoms with Crippen LogP contribution in [0.15, 0.2) is 0 Å². The number of alkyl halides is 1. The van der Waals surface area contributed by atoms with Gasteiger partial charge in [-0.2, -0.15) is 0 Å². The van der Waals surface area contributed by atoms with Crippen LogP contribution in [0.2, 0.25) is 0 Å². The van der Waals surface area contributed by atoms with Crippen LogP contribution in [-0.4, -0.2) is 5.33 Å². The van der Waals surface area contributed by atoms with Gasteiger partial charge in [0.1, 0.15) is 0 Å². The molecule has 1 heteroatoms. The maximum Gasteiger partial charge on any atom is 0.00905 e. The zero-order valence-electron chi connectivity index (χ0n) is 6.99. The number of hydrogen-bond donors (Lipinski definition) is 0. The van der Waals surface area contributed by atoms with Crippen molar-refractivity contribution in [2.75, 3.05) is 5.33 Å². The van der Waals surface area contributed by atoms with Crippen molar-refractivity contribution >= 4 is 15.9 Å². The minimum Gasteiger partial charge on any atom is -0.0922 e. The fourth-order valence-corrected chi connectivity index (χ4v) is 3.26. The van der Waals surface area contributed by atoms with Gasteiger partial charge in [0.2, 0.25) is 0 Å². The van der Waals surface area contributed by atoms with Gasteiger partial charge in [-0.15, -0.1) is 0 Å². The third kappa shape index (κ3) is 1.13. The maximum absolute atomic E-state index is 3.62. The first-order valence-electron chi connectivity index (χ1n) is 4.35. The van der Waals surface area contributed by atoms with Crippen LogP contribution < -0.4 is 0 Å². The molecule has 0 N–H and O–H groups in total. The van der Waals surface area contributed by atoms with E-state index in [1.807, 2.05) is 0 Å². The lowest BCUT2D eigenvalue weighted by atomic mass is 9.59. The Hall–Kier alpha value is 0.480. The Balaban J connectivity index is 2.48. The van der Waals surface area contributed by atoms with Gasteiger partial charge in [0.05, 0.1) is 0 Å². The Morgan fingerprint density at radius 3 is 2.30 bits per heavy atom. The van der Waals surface area contributed by atoms with E-state index < -0.39 is 0 Å². The molecular formula is C9H17Br. The van der Waals surface area contributed by atoms with Crippen molar-refractivity contribution < 1.29 is 0 Å². The van der Waals surface area contributed by atoms with E-state index in [9.17, 15) is 0 Å². The predicted octanol–water partition coefficient (Wildman–Crippen LogP) is 3.60. The van der Waals surface area contributed by atoms with Crippen LogP contribution in [0, 0.1) is 11.3 Å². The van der Waals surface area contributed by atoms with E-state index in [2.05, 4.69) is 29.8 Å². The molecule has 0 bridgehead atoms. The van der Waals surface area contributed by atoms with E-state index in [1.54, 1.807) is 0 Å². The average Bonchev–Trinajstić information content (AvgIpc) is 1.90. The largest absolute Gasteiger partial charge is 0.0922 e. The second kappa shape index (κ2) is 3.25. The van der Waals surface area contributed by atoms with Crippen LogP contribution in [0.25, 0.3) is 0 Å². The summed E-state index contributed by atoms with van der Waals surface area (Å²) in [5, 5.41) is 1.22. The topological polar surface area (TPSA) is 0 Å². The summed E-state index contributed by atoms with van der Waals surface area (Å²) in [6.45, 7) is 4.64. The van der Waals surface area contributed by atoms with Crippen LogP contribution in [0.5, 0.6) is 0 Å². The highest BCUT2D eigenvalue weighted by atomic mass is 79.9. The molecule has 2 unspecified atom stereocenters. The molecule has 0 radical (unpaired) electrons. The van der Waals surface area contributed by atoms with Gasteiger partial charge >= 0.3 is 0 Å². The van der Waals surface area contributed by atoms with E-state index in [4.69, 9.17) is 0 Å². The Morgan fingerprint density at radius 2 is 2.20 bits per heavy atom. The van der Waals surface area contributed by atoms with Crippen molar-refractivity contribution in [1.29, 1.82) is 0 Å². The lowest BCUT2D eigenvalue weighted by molar-refractivity contribution is 0.0500. The highest BCUT2D eigenvalue weighted by Gasteiger charge is 2.42. The first kappa shape index (κ1) is 8.58. The van der Waals surface area contributed by atoms with Crippen molar-refractivity contribution in [3.05, 3.63) is 0 Å². The Labute approximate surface area is 72.5 Å². The molecule has 0 heterocycles. The van der Waals surface area contributed by atoms with Gasteiger partial charge in [0.25, 0.3) is 0 Å². The van der Waals surface area contributed by atoms with E-state index in [0.29, 0.717) is 5.41 Å². The number of halogens is 1. The molecule has 0 aromatic carbocycles. The van der Waals surface area contributed by atoms with Crippen molar-refractivity contribution in [3.8, 4) is 0 Å². The van der Waals surface area contributed by atoms with Gasteiger partial charge in [-0.3, -0.25) is 0 Å². The molecule has 2 atom stereocenters. The van der Waals surface area contributed by atoms with Gasteiger partial charge in [0, 0.05) is 5.33 Å². The summed E-state index contributed by atoms with van der Waals surface area (Å²) in [6, 6.07) is 0. The summed E-state index contributed by atoms with van der Waals surface area (Å²) in [5.74, 6) is 1.01.